The van der Waals surface area contributed by atoms with Crippen LogP contribution in [0.25, 0.3) is 50.5 Å². The van der Waals surface area contributed by atoms with Crippen molar-refractivity contribution in [3.8, 4) is 50.5 Å². The number of aromatic nitrogens is 3. The van der Waals surface area contributed by atoms with Gasteiger partial charge in [0, 0.05) is 43.0 Å². The summed E-state index contributed by atoms with van der Waals surface area (Å²) in [5, 5.41) is 5.20. The summed E-state index contributed by atoms with van der Waals surface area (Å²) in [5.74, 6) is 0. The van der Waals surface area contributed by atoms with E-state index >= 15 is 0 Å². The van der Waals surface area contributed by atoms with E-state index in [1.165, 1.54) is 44.6 Å². The van der Waals surface area contributed by atoms with E-state index in [4.69, 9.17) is 5.10 Å². The van der Waals surface area contributed by atoms with Crippen LogP contribution >= 0.6 is 0 Å². The summed E-state index contributed by atoms with van der Waals surface area (Å²) >= 11 is 0. The van der Waals surface area contributed by atoms with E-state index in [2.05, 4.69) is 154 Å². The Morgan fingerprint density at radius 2 is 1.22 bits per heavy atom. The Balaban J connectivity index is 0.000000281. The quantitative estimate of drug-likeness (QED) is 0.166. The van der Waals surface area contributed by atoms with Crippen LogP contribution in [0.1, 0.15) is 50.1 Å². The maximum absolute atomic E-state index is 5.20. The van der Waals surface area contributed by atoms with Gasteiger partial charge in [-0.15, -0.1) is 47.0 Å². The predicted octanol–water partition coefficient (Wildman–Crippen LogP) is 11.4. The van der Waals surface area contributed by atoms with Gasteiger partial charge in [-0.1, -0.05) is 106 Å². The second kappa shape index (κ2) is 14.2. The number of fused-ring (bicyclic) bond motifs is 3. The summed E-state index contributed by atoms with van der Waals surface area (Å²) in [6.07, 6.45) is 1.79. The third-order valence-electron chi connectivity index (χ3n) is 10.4. The first-order chi connectivity index (χ1) is 23.6. The Morgan fingerprint density at radius 3 is 1.84 bits per heavy atom. The topological polar surface area (TPSA) is 30.7 Å². The van der Waals surface area contributed by atoms with E-state index in [1.54, 1.807) is 6.20 Å². The van der Waals surface area contributed by atoms with Gasteiger partial charge in [0.05, 0.1) is 5.69 Å². The Hall–Kier alpha value is -4.89. The normalized spacial score (nSPS) is 13.6. The molecule has 5 aromatic carbocycles. The van der Waals surface area contributed by atoms with Crippen molar-refractivity contribution >= 4 is 0 Å². The molecule has 7 aromatic rings. The van der Waals surface area contributed by atoms with Gasteiger partial charge in [0.25, 0.3) is 0 Å². The molecule has 1 radical (unpaired) electrons. The minimum Gasteiger partial charge on any atom is -0.305 e. The first kappa shape index (κ1) is 35.0. The van der Waals surface area contributed by atoms with E-state index < -0.39 is 0 Å². The number of nitrogens with zero attached hydrogens (tertiary/aromatic N) is 3. The van der Waals surface area contributed by atoms with Crippen molar-refractivity contribution in [3.05, 3.63) is 174 Å². The van der Waals surface area contributed by atoms with Gasteiger partial charge in [-0.2, -0.15) is 23.3 Å². The molecule has 0 spiro atoms. The van der Waals surface area contributed by atoms with Gasteiger partial charge in [0.2, 0.25) is 0 Å². The van der Waals surface area contributed by atoms with Gasteiger partial charge >= 0.3 is 0 Å². The molecule has 1 aliphatic rings. The van der Waals surface area contributed by atoms with Crippen molar-refractivity contribution in [2.24, 2.45) is 0 Å². The smallest absolute Gasteiger partial charge is 0.0930 e. The zero-order valence-electron chi connectivity index (χ0n) is 29.5. The second-order valence-electron chi connectivity index (χ2n) is 13.9. The summed E-state index contributed by atoms with van der Waals surface area (Å²) in [5.41, 5.74) is 15.0. The second-order valence-corrected chi connectivity index (χ2v) is 13.9. The Bertz CT molecular complexity index is 2160. The average molecular weight is 828 g/mol. The van der Waals surface area contributed by atoms with E-state index in [1.807, 2.05) is 42.5 Å². The fourth-order valence-corrected chi connectivity index (χ4v) is 6.98. The van der Waals surface area contributed by atoms with Crippen LogP contribution in [0.5, 0.6) is 0 Å². The van der Waals surface area contributed by atoms with Gasteiger partial charge in [0.1, 0.15) is 0 Å². The minimum absolute atomic E-state index is 0. The molecule has 0 saturated heterocycles. The molecule has 8 rings (SSSR count). The van der Waals surface area contributed by atoms with E-state index in [0.29, 0.717) is 0 Å². The number of hydrogen-bond acceptors (Lipinski definition) is 2. The van der Waals surface area contributed by atoms with Crippen molar-refractivity contribution in [3.63, 3.8) is 0 Å². The van der Waals surface area contributed by atoms with Gasteiger partial charge in [-0.3, -0.25) is 4.68 Å². The molecule has 0 saturated carbocycles. The van der Waals surface area contributed by atoms with Crippen LogP contribution < -0.4 is 0 Å². The summed E-state index contributed by atoms with van der Waals surface area (Å²) in [6.45, 7) is 13.8. The first-order valence-corrected chi connectivity index (χ1v) is 16.9. The molecular formula is C46H41IrN3-2. The summed E-state index contributed by atoms with van der Waals surface area (Å²) < 4.78 is 2.14. The van der Waals surface area contributed by atoms with Crippen LogP contribution in [-0.2, 0) is 30.9 Å². The fraction of sp³-hybridized carbons (Fsp3) is 0.174. The van der Waals surface area contributed by atoms with E-state index in [-0.39, 0.29) is 30.9 Å². The maximum atomic E-state index is 5.20. The monoisotopic (exact) mass is 828 g/mol. The number of benzene rings is 5. The third kappa shape index (κ3) is 6.42. The Kier molecular flexibility index (Phi) is 9.89. The van der Waals surface area contributed by atoms with Crippen LogP contribution in [-0.4, -0.2) is 14.8 Å². The largest absolute Gasteiger partial charge is 0.305 e. The number of rotatable bonds is 4. The number of pyridine rings is 1. The van der Waals surface area contributed by atoms with Crippen molar-refractivity contribution < 1.29 is 20.1 Å². The molecule has 0 aliphatic carbocycles. The van der Waals surface area contributed by atoms with Crippen LogP contribution in [0.15, 0.2) is 140 Å². The molecule has 3 heterocycles. The molecule has 1 aliphatic heterocycles. The van der Waals surface area contributed by atoms with Crippen molar-refractivity contribution in [2.45, 2.75) is 52.4 Å². The molecule has 0 atom stereocenters. The minimum atomic E-state index is -0.123. The van der Waals surface area contributed by atoms with Gasteiger partial charge in [-0.25, -0.2) is 0 Å². The maximum Gasteiger partial charge on any atom is 0.0930 e. The molecule has 50 heavy (non-hydrogen) atoms. The fourth-order valence-electron chi connectivity index (χ4n) is 6.98. The predicted molar refractivity (Wildman–Crippen MR) is 203 cm³/mol. The molecule has 0 fully saturated rings. The summed E-state index contributed by atoms with van der Waals surface area (Å²) in [4.78, 5) is 4.22. The van der Waals surface area contributed by atoms with Gasteiger partial charge < -0.3 is 4.98 Å². The standard InChI is InChI=1S/C35H33N2.C11H8N.Ir/c1-23-19-28(20-24(2)33(23)26-15-11-8-12-16-26)30-22-32-35(5,6)34(3,4)29-21-27(25-13-9-7-10-14-25)17-18-31(29)37(32)36-30;1-2-6-10(7-3-1)11-8-4-5-9-12-11;/h7-17,19-22H,1-6H3;1-6,8-9H;/q2*-1;. The molecule has 0 amide bonds. The molecule has 2 aromatic heterocycles. The van der Waals surface area contributed by atoms with E-state index in [0.717, 1.165) is 28.2 Å². The van der Waals surface area contributed by atoms with Gasteiger partial charge in [0.15, 0.2) is 0 Å². The SMILES string of the molecule is Cc1cc(-c2cc3n(n2)-c2[c-]cc(-c4ccccc4)cc2C(C)(C)C3(C)C)cc(C)c1-c1ccccc1.[Ir].[c-]1ccccc1-c1ccccn1. The molecule has 251 valence electrons. The summed E-state index contributed by atoms with van der Waals surface area (Å²) in [7, 11) is 0. The molecule has 3 nitrogen and oxygen atoms in total. The van der Waals surface area contributed by atoms with Crippen molar-refractivity contribution in [1.29, 1.82) is 0 Å². The number of hydrogen-bond donors (Lipinski definition) is 0. The third-order valence-corrected chi connectivity index (χ3v) is 10.4. The average Bonchev–Trinajstić information content (AvgIpc) is 3.59. The molecule has 0 unspecified atom stereocenters. The number of aryl methyl sites for hydroxylation is 2. The van der Waals surface area contributed by atoms with Gasteiger partial charge in [-0.05, 0) is 77.2 Å². The molecular weight excluding hydrogens is 787 g/mol. The zero-order chi connectivity index (χ0) is 34.2. The first-order valence-electron chi connectivity index (χ1n) is 16.9. The van der Waals surface area contributed by atoms with Crippen molar-refractivity contribution in [1.82, 2.24) is 14.8 Å². The zero-order valence-corrected chi connectivity index (χ0v) is 31.8. The summed E-state index contributed by atoms with van der Waals surface area (Å²) in [6, 6.07) is 53.0. The molecule has 0 N–H and O–H groups in total. The van der Waals surface area contributed by atoms with Crippen LogP contribution in [0.4, 0.5) is 0 Å². The molecule has 0 bridgehead atoms. The van der Waals surface area contributed by atoms with E-state index in [9.17, 15) is 0 Å². The Morgan fingerprint density at radius 1 is 0.580 bits per heavy atom. The van der Waals surface area contributed by atoms with Crippen LogP contribution in [0, 0.1) is 26.0 Å². The van der Waals surface area contributed by atoms with Crippen LogP contribution in [0.2, 0.25) is 0 Å². The molecule has 4 heteroatoms. The van der Waals surface area contributed by atoms with Crippen LogP contribution in [0.3, 0.4) is 0 Å². The Labute approximate surface area is 310 Å². The van der Waals surface area contributed by atoms with Crippen molar-refractivity contribution in [2.75, 3.05) is 0 Å².